The van der Waals surface area contributed by atoms with Crippen molar-refractivity contribution < 1.29 is 4.79 Å². The molecule has 0 bridgehead atoms. The van der Waals surface area contributed by atoms with Gasteiger partial charge in [-0.3, -0.25) is 4.79 Å². The van der Waals surface area contributed by atoms with Gasteiger partial charge in [0.1, 0.15) is 0 Å². The fourth-order valence-corrected chi connectivity index (χ4v) is 1.41. The van der Waals surface area contributed by atoms with Crippen molar-refractivity contribution >= 4 is 5.91 Å². The van der Waals surface area contributed by atoms with Gasteiger partial charge in [0, 0.05) is 0 Å². The lowest BCUT2D eigenvalue weighted by Gasteiger charge is -2.00. The van der Waals surface area contributed by atoms with Gasteiger partial charge in [-0.15, -0.1) is 5.10 Å². The summed E-state index contributed by atoms with van der Waals surface area (Å²) in [6, 6.07) is 9.19. The van der Waals surface area contributed by atoms with Gasteiger partial charge in [-0.25, -0.2) is 4.68 Å². The monoisotopic (exact) mass is 227 g/mol. The van der Waals surface area contributed by atoms with Gasteiger partial charge in [-0.2, -0.15) is 5.26 Å². The molecule has 17 heavy (non-hydrogen) atoms. The molecule has 1 aromatic heterocycles. The molecule has 6 nitrogen and oxygen atoms in total. The lowest BCUT2D eigenvalue weighted by molar-refractivity contribution is 0.0995. The number of aromatic nitrogens is 3. The van der Waals surface area contributed by atoms with Crippen molar-refractivity contribution in [3.63, 3.8) is 0 Å². The summed E-state index contributed by atoms with van der Waals surface area (Å²) in [4.78, 5) is 10.8. The Morgan fingerprint density at radius 3 is 3.00 bits per heavy atom. The first kappa shape index (κ1) is 10.8. The Bertz CT molecular complexity index is 596. The molecule has 0 atom stereocenters. The van der Waals surface area contributed by atoms with Gasteiger partial charge in [0.05, 0.1) is 24.4 Å². The van der Waals surface area contributed by atoms with Crippen LogP contribution in [0.2, 0.25) is 0 Å². The second-order valence-corrected chi connectivity index (χ2v) is 3.48. The van der Waals surface area contributed by atoms with E-state index in [1.165, 1.54) is 10.9 Å². The van der Waals surface area contributed by atoms with Crippen LogP contribution in [0.25, 0.3) is 0 Å². The average Bonchev–Trinajstić information content (AvgIpc) is 2.78. The maximum atomic E-state index is 10.8. The summed E-state index contributed by atoms with van der Waals surface area (Å²) in [5.74, 6) is -0.609. The predicted octanol–water partition coefficient (Wildman–Crippen LogP) is 0.297. The molecule has 0 saturated heterocycles. The molecule has 1 heterocycles. The van der Waals surface area contributed by atoms with Crippen molar-refractivity contribution in [1.29, 1.82) is 5.26 Å². The van der Waals surface area contributed by atoms with Crippen molar-refractivity contribution in [3.8, 4) is 6.07 Å². The lowest BCUT2D eigenvalue weighted by atomic mass is 10.1. The molecule has 84 valence electrons. The van der Waals surface area contributed by atoms with E-state index in [9.17, 15) is 4.79 Å². The van der Waals surface area contributed by atoms with Crippen LogP contribution in [0.3, 0.4) is 0 Å². The second-order valence-electron chi connectivity index (χ2n) is 3.48. The van der Waals surface area contributed by atoms with Crippen LogP contribution >= 0.6 is 0 Å². The van der Waals surface area contributed by atoms with Gasteiger partial charge in [-0.1, -0.05) is 17.3 Å². The number of carbonyl (C=O) groups is 1. The number of primary amides is 1. The van der Waals surface area contributed by atoms with Crippen LogP contribution in [-0.4, -0.2) is 20.9 Å². The van der Waals surface area contributed by atoms with E-state index < -0.39 is 5.91 Å². The molecule has 0 aliphatic rings. The number of carbonyl (C=O) groups excluding carboxylic acids is 1. The minimum absolute atomic E-state index is 0.126. The molecule has 0 fully saturated rings. The molecule has 2 rings (SSSR count). The zero-order valence-electron chi connectivity index (χ0n) is 8.87. The summed E-state index contributed by atoms with van der Waals surface area (Å²) >= 11 is 0. The molecule has 0 radical (unpaired) electrons. The highest BCUT2D eigenvalue weighted by molar-refractivity contribution is 5.90. The van der Waals surface area contributed by atoms with Gasteiger partial charge in [0.25, 0.3) is 5.91 Å². The van der Waals surface area contributed by atoms with Gasteiger partial charge in [0.2, 0.25) is 0 Å². The summed E-state index contributed by atoms with van der Waals surface area (Å²) in [7, 11) is 0. The molecular formula is C11H9N5O. The predicted molar refractivity (Wildman–Crippen MR) is 58.8 cm³/mol. The highest BCUT2D eigenvalue weighted by atomic mass is 16.1. The van der Waals surface area contributed by atoms with Crippen molar-refractivity contribution in [2.45, 2.75) is 6.54 Å². The molecule has 0 saturated carbocycles. The molecule has 0 aliphatic heterocycles. The Morgan fingerprint density at radius 1 is 1.53 bits per heavy atom. The fourth-order valence-electron chi connectivity index (χ4n) is 1.41. The number of rotatable bonds is 3. The quantitative estimate of drug-likeness (QED) is 0.815. The Morgan fingerprint density at radius 2 is 2.35 bits per heavy atom. The van der Waals surface area contributed by atoms with Gasteiger partial charge in [0.15, 0.2) is 5.69 Å². The van der Waals surface area contributed by atoms with E-state index in [-0.39, 0.29) is 5.69 Å². The SMILES string of the molecule is N#Cc1cccc(Cn2cc(C(N)=O)nn2)c1. The van der Waals surface area contributed by atoms with Gasteiger partial charge >= 0.3 is 0 Å². The number of nitrogens with two attached hydrogens (primary N) is 1. The van der Waals surface area contributed by atoms with Crippen LogP contribution in [0.4, 0.5) is 0 Å². The van der Waals surface area contributed by atoms with E-state index in [1.54, 1.807) is 18.2 Å². The first-order valence-electron chi connectivity index (χ1n) is 4.88. The van der Waals surface area contributed by atoms with Crippen molar-refractivity contribution in [2.75, 3.05) is 0 Å². The highest BCUT2D eigenvalue weighted by Crippen LogP contribution is 2.06. The van der Waals surface area contributed by atoms with Crippen LogP contribution in [0.1, 0.15) is 21.6 Å². The van der Waals surface area contributed by atoms with Crippen molar-refractivity contribution in [3.05, 3.63) is 47.3 Å². The number of nitrogens with zero attached hydrogens (tertiary/aromatic N) is 4. The zero-order chi connectivity index (χ0) is 12.3. The Kier molecular flexibility index (Phi) is 2.83. The largest absolute Gasteiger partial charge is 0.364 e. The summed E-state index contributed by atoms with van der Waals surface area (Å²) in [5.41, 5.74) is 6.68. The average molecular weight is 227 g/mol. The first-order chi connectivity index (χ1) is 8.19. The highest BCUT2D eigenvalue weighted by Gasteiger charge is 2.06. The maximum absolute atomic E-state index is 10.8. The number of amides is 1. The maximum Gasteiger partial charge on any atom is 0.270 e. The normalized spacial score (nSPS) is 9.82. The third-order valence-corrected chi connectivity index (χ3v) is 2.19. The van der Waals surface area contributed by atoms with E-state index in [4.69, 9.17) is 11.0 Å². The summed E-state index contributed by atoms with van der Waals surface area (Å²) in [6.07, 6.45) is 1.47. The molecule has 0 unspecified atom stereocenters. The molecule has 6 heteroatoms. The Balaban J connectivity index is 2.19. The van der Waals surface area contributed by atoms with E-state index in [0.29, 0.717) is 12.1 Å². The second kappa shape index (κ2) is 4.45. The first-order valence-corrected chi connectivity index (χ1v) is 4.88. The third-order valence-electron chi connectivity index (χ3n) is 2.19. The number of benzene rings is 1. The molecule has 0 aliphatic carbocycles. The van der Waals surface area contributed by atoms with Crippen molar-refractivity contribution in [1.82, 2.24) is 15.0 Å². The fraction of sp³-hybridized carbons (Fsp3) is 0.0909. The number of nitriles is 1. The summed E-state index contributed by atoms with van der Waals surface area (Å²) in [6.45, 7) is 0.440. The van der Waals surface area contributed by atoms with Crippen LogP contribution in [0.5, 0.6) is 0 Å². The van der Waals surface area contributed by atoms with E-state index in [0.717, 1.165) is 5.56 Å². The third kappa shape index (κ3) is 2.46. The summed E-state index contributed by atoms with van der Waals surface area (Å²) in [5, 5.41) is 16.2. The van der Waals surface area contributed by atoms with E-state index >= 15 is 0 Å². The standard InChI is InChI=1S/C11H9N5O/c12-5-8-2-1-3-9(4-8)6-16-7-10(11(13)17)14-15-16/h1-4,7H,6H2,(H2,13,17). The van der Waals surface area contributed by atoms with Crippen LogP contribution in [-0.2, 0) is 6.54 Å². The van der Waals surface area contributed by atoms with Crippen LogP contribution < -0.4 is 5.73 Å². The number of hydrogen-bond acceptors (Lipinski definition) is 4. The smallest absolute Gasteiger partial charge is 0.270 e. The zero-order valence-corrected chi connectivity index (χ0v) is 8.87. The minimum atomic E-state index is -0.609. The van der Waals surface area contributed by atoms with Gasteiger partial charge < -0.3 is 5.73 Å². The topological polar surface area (TPSA) is 97.6 Å². The molecule has 2 N–H and O–H groups in total. The molecular weight excluding hydrogens is 218 g/mol. The van der Waals surface area contributed by atoms with E-state index in [1.807, 2.05) is 6.07 Å². The molecule has 2 aromatic rings. The summed E-state index contributed by atoms with van der Waals surface area (Å²) < 4.78 is 1.50. The van der Waals surface area contributed by atoms with Crippen LogP contribution in [0.15, 0.2) is 30.5 Å². The molecule has 1 aromatic carbocycles. The van der Waals surface area contributed by atoms with Crippen LogP contribution in [0, 0.1) is 11.3 Å². The lowest BCUT2D eigenvalue weighted by Crippen LogP contribution is -2.11. The minimum Gasteiger partial charge on any atom is -0.364 e. The molecule has 0 spiro atoms. The Hall–Kier alpha value is -2.68. The number of hydrogen-bond donors (Lipinski definition) is 1. The van der Waals surface area contributed by atoms with E-state index in [2.05, 4.69) is 16.4 Å². The molecule has 1 amide bonds. The van der Waals surface area contributed by atoms with Gasteiger partial charge in [-0.05, 0) is 17.7 Å². The van der Waals surface area contributed by atoms with Crippen molar-refractivity contribution in [2.24, 2.45) is 5.73 Å². The Labute approximate surface area is 97.3 Å².